The highest BCUT2D eigenvalue weighted by Gasteiger charge is 2.32. The molecule has 24 heavy (non-hydrogen) atoms. The molecule has 120 valence electrons. The lowest BCUT2D eigenvalue weighted by molar-refractivity contribution is -0.384. The third-order valence-corrected chi connectivity index (χ3v) is 3.96. The maximum Gasteiger partial charge on any atom is 0.269 e. The van der Waals surface area contributed by atoms with E-state index in [1.165, 1.54) is 29.0 Å². The number of amides is 1. The summed E-state index contributed by atoms with van der Waals surface area (Å²) in [4.78, 5) is 41.5. The molecule has 0 spiro atoms. The van der Waals surface area contributed by atoms with Crippen LogP contribution in [-0.2, 0) is 4.79 Å². The molecule has 0 saturated heterocycles. The minimum atomic E-state index is -0.606. The first-order valence-corrected chi connectivity index (χ1v) is 7.04. The van der Waals surface area contributed by atoms with Crippen LogP contribution in [0.4, 0.5) is 11.5 Å². The van der Waals surface area contributed by atoms with Gasteiger partial charge in [0.05, 0.1) is 10.5 Å². The number of nitro groups is 1. The van der Waals surface area contributed by atoms with Crippen LogP contribution in [0.2, 0.25) is 0 Å². The van der Waals surface area contributed by atoms with Crippen molar-refractivity contribution >= 4 is 23.2 Å². The number of nitro benzene ring substituents is 1. The summed E-state index contributed by atoms with van der Waals surface area (Å²) < 4.78 is 1.33. The fourth-order valence-corrected chi connectivity index (χ4v) is 2.93. The van der Waals surface area contributed by atoms with Gasteiger partial charge in [-0.3, -0.25) is 24.7 Å². The van der Waals surface area contributed by atoms with Crippen LogP contribution in [0.3, 0.4) is 0 Å². The molecule has 1 atom stereocenters. The lowest BCUT2D eigenvalue weighted by Crippen LogP contribution is -2.32. The van der Waals surface area contributed by atoms with Crippen LogP contribution < -0.4 is 10.9 Å². The number of aromatic amines is 1. The molecule has 0 radical (unpaired) electrons. The van der Waals surface area contributed by atoms with Crippen molar-refractivity contribution in [1.29, 1.82) is 0 Å². The van der Waals surface area contributed by atoms with Gasteiger partial charge < -0.3 is 5.32 Å². The standard InChI is InChI=1S/C14H10N6O4/c21-10-5-9(7-2-1-3-8(4-7)20(23)24)11-12(17-10)19-14(15-6-16-19)18-13(11)22/h1-4,6,9H,5H2,(H,17,21)(H,15,16,18,22). The highest BCUT2D eigenvalue weighted by Crippen LogP contribution is 2.35. The lowest BCUT2D eigenvalue weighted by Gasteiger charge is -2.24. The second-order valence-electron chi connectivity index (χ2n) is 5.37. The number of fused-ring (bicyclic) bond motifs is 3. The molecule has 2 aromatic heterocycles. The van der Waals surface area contributed by atoms with Crippen LogP contribution in [0.15, 0.2) is 35.4 Å². The molecule has 1 amide bonds. The van der Waals surface area contributed by atoms with E-state index in [-0.39, 0.29) is 29.6 Å². The van der Waals surface area contributed by atoms with E-state index in [1.807, 2.05) is 0 Å². The first-order chi connectivity index (χ1) is 11.5. The van der Waals surface area contributed by atoms with Crippen molar-refractivity contribution in [2.45, 2.75) is 12.3 Å². The van der Waals surface area contributed by atoms with Crippen molar-refractivity contribution in [3.63, 3.8) is 0 Å². The van der Waals surface area contributed by atoms with Crippen molar-refractivity contribution in [2.24, 2.45) is 0 Å². The van der Waals surface area contributed by atoms with Gasteiger partial charge in [0.25, 0.3) is 11.2 Å². The predicted molar refractivity (Wildman–Crippen MR) is 81.8 cm³/mol. The Morgan fingerprint density at radius 3 is 2.96 bits per heavy atom. The number of hydrogen-bond donors (Lipinski definition) is 2. The molecule has 0 aliphatic carbocycles. The largest absolute Gasteiger partial charge is 0.310 e. The zero-order chi connectivity index (χ0) is 16.8. The molecule has 1 unspecified atom stereocenters. The van der Waals surface area contributed by atoms with Crippen LogP contribution in [0, 0.1) is 10.1 Å². The zero-order valence-electron chi connectivity index (χ0n) is 12.1. The average Bonchev–Trinajstić information content (AvgIpc) is 3.02. The molecule has 1 aliphatic heterocycles. The number of H-pyrrole nitrogens is 1. The number of carbonyl (C=O) groups excluding carboxylic acids is 1. The summed E-state index contributed by atoms with van der Waals surface area (Å²) >= 11 is 0. The Labute approximate surface area is 133 Å². The van der Waals surface area contributed by atoms with Gasteiger partial charge in [-0.25, -0.2) is 0 Å². The summed E-state index contributed by atoms with van der Waals surface area (Å²) in [6, 6.07) is 5.92. The molecule has 3 heterocycles. The first kappa shape index (κ1) is 14.1. The number of anilines is 1. The first-order valence-electron chi connectivity index (χ1n) is 7.04. The number of aromatic nitrogens is 4. The van der Waals surface area contributed by atoms with Gasteiger partial charge >= 0.3 is 0 Å². The molecular formula is C14H10N6O4. The molecule has 0 bridgehead atoms. The Kier molecular flexibility index (Phi) is 2.92. The Balaban J connectivity index is 1.96. The van der Waals surface area contributed by atoms with Gasteiger partial charge in [0.15, 0.2) is 0 Å². The summed E-state index contributed by atoms with van der Waals surface area (Å²) in [7, 11) is 0. The van der Waals surface area contributed by atoms with Crippen LogP contribution >= 0.6 is 0 Å². The summed E-state index contributed by atoms with van der Waals surface area (Å²) in [6.45, 7) is 0. The topological polar surface area (TPSA) is 135 Å². The maximum atomic E-state index is 12.5. The van der Waals surface area contributed by atoms with Crippen molar-refractivity contribution < 1.29 is 9.72 Å². The van der Waals surface area contributed by atoms with Crippen molar-refractivity contribution in [3.05, 3.63) is 62.2 Å². The van der Waals surface area contributed by atoms with Gasteiger partial charge in [-0.05, 0) is 5.56 Å². The van der Waals surface area contributed by atoms with Gasteiger partial charge in [-0.1, -0.05) is 12.1 Å². The molecular weight excluding hydrogens is 316 g/mol. The minimum absolute atomic E-state index is 0.0114. The maximum absolute atomic E-state index is 12.5. The van der Waals surface area contributed by atoms with Gasteiger partial charge in [-0.15, -0.1) is 0 Å². The van der Waals surface area contributed by atoms with E-state index in [1.54, 1.807) is 6.07 Å². The molecule has 2 N–H and O–H groups in total. The predicted octanol–water partition coefficient (Wildman–Crippen LogP) is 0.800. The summed E-state index contributed by atoms with van der Waals surface area (Å²) in [5, 5.41) is 17.6. The number of rotatable bonds is 2. The van der Waals surface area contributed by atoms with E-state index in [9.17, 15) is 19.7 Å². The highest BCUT2D eigenvalue weighted by molar-refractivity contribution is 5.94. The molecule has 0 saturated carbocycles. The number of hydrogen-bond acceptors (Lipinski definition) is 6. The fourth-order valence-electron chi connectivity index (χ4n) is 2.93. The quantitative estimate of drug-likeness (QED) is 0.528. The molecule has 1 aromatic carbocycles. The smallest absolute Gasteiger partial charge is 0.269 e. The van der Waals surface area contributed by atoms with E-state index < -0.39 is 16.4 Å². The van der Waals surface area contributed by atoms with Crippen LogP contribution in [-0.4, -0.2) is 30.4 Å². The molecule has 3 aromatic rings. The van der Waals surface area contributed by atoms with Gasteiger partial charge in [0, 0.05) is 24.5 Å². The second-order valence-corrected chi connectivity index (χ2v) is 5.37. The average molecular weight is 326 g/mol. The Hall–Kier alpha value is -3.56. The normalized spacial score (nSPS) is 16.7. The summed E-state index contributed by atoms with van der Waals surface area (Å²) in [5.41, 5.74) is 0.304. The lowest BCUT2D eigenvalue weighted by atomic mass is 9.86. The number of non-ortho nitro benzene ring substituents is 1. The monoisotopic (exact) mass is 326 g/mol. The van der Waals surface area contributed by atoms with Gasteiger partial charge in [0.1, 0.15) is 12.1 Å². The van der Waals surface area contributed by atoms with E-state index >= 15 is 0 Å². The second kappa shape index (κ2) is 4.98. The minimum Gasteiger partial charge on any atom is -0.310 e. The van der Waals surface area contributed by atoms with E-state index in [0.29, 0.717) is 11.1 Å². The number of benzene rings is 1. The zero-order valence-corrected chi connectivity index (χ0v) is 12.1. The van der Waals surface area contributed by atoms with Crippen molar-refractivity contribution in [3.8, 4) is 0 Å². The fraction of sp³-hybridized carbons (Fsp3) is 0.143. The molecule has 1 aliphatic rings. The Morgan fingerprint density at radius 2 is 2.17 bits per heavy atom. The summed E-state index contributed by atoms with van der Waals surface area (Å²) in [6.07, 6.45) is 1.27. The van der Waals surface area contributed by atoms with Crippen molar-refractivity contribution in [1.82, 2.24) is 19.6 Å². The third kappa shape index (κ3) is 2.04. The SMILES string of the molecule is O=C1CC(c2cccc([N+](=O)[O-])c2)c2c(n3ncnc3[nH]c2=O)N1. The molecule has 10 nitrogen and oxygen atoms in total. The number of nitrogens with one attached hydrogen (secondary N) is 2. The van der Waals surface area contributed by atoms with E-state index in [4.69, 9.17) is 0 Å². The Morgan fingerprint density at radius 1 is 1.33 bits per heavy atom. The number of carbonyl (C=O) groups is 1. The van der Waals surface area contributed by atoms with Crippen molar-refractivity contribution in [2.75, 3.05) is 5.32 Å². The summed E-state index contributed by atoms with van der Waals surface area (Å²) in [5.74, 6) is -0.467. The Bertz CT molecular complexity index is 1050. The van der Waals surface area contributed by atoms with E-state index in [0.717, 1.165) is 0 Å². The molecule has 4 rings (SSSR count). The molecule has 10 heteroatoms. The van der Waals surface area contributed by atoms with Crippen LogP contribution in [0.1, 0.15) is 23.5 Å². The van der Waals surface area contributed by atoms with Gasteiger partial charge in [-0.2, -0.15) is 14.6 Å². The highest BCUT2D eigenvalue weighted by atomic mass is 16.6. The van der Waals surface area contributed by atoms with E-state index in [2.05, 4.69) is 20.4 Å². The van der Waals surface area contributed by atoms with Gasteiger partial charge in [0.2, 0.25) is 11.7 Å². The molecule has 0 fully saturated rings. The van der Waals surface area contributed by atoms with Crippen LogP contribution in [0.5, 0.6) is 0 Å². The number of nitrogens with zero attached hydrogens (tertiary/aromatic N) is 4. The van der Waals surface area contributed by atoms with Crippen LogP contribution in [0.25, 0.3) is 5.78 Å². The third-order valence-electron chi connectivity index (χ3n) is 3.96.